The molecule has 8 heteroatoms. The van der Waals surface area contributed by atoms with E-state index < -0.39 is 23.7 Å². The first-order valence-corrected chi connectivity index (χ1v) is 5.40. The van der Waals surface area contributed by atoms with Gasteiger partial charge in [0.25, 0.3) is 5.91 Å². The molecule has 0 rings (SSSR count). The number of rotatable bonds is 4. The molecule has 0 aromatic carbocycles. The van der Waals surface area contributed by atoms with Crippen LogP contribution in [0, 0.1) is 11.8 Å². The Balaban J connectivity index is 4.45. The molecule has 19 heavy (non-hydrogen) atoms. The number of alkyl halides is 3. The number of hydrogen-bond donors (Lipinski definition) is 2. The van der Waals surface area contributed by atoms with Gasteiger partial charge in [0, 0.05) is 6.54 Å². The summed E-state index contributed by atoms with van der Waals surface area (Å²) in [6.07, 6.45) is -4.54. The summed E-state index contributed by atoms with van der Waals surface area (Å²) in [5.41, 5.74) is 3.49. The lowest BCUT2D eigenvalue weighted by molar-refractivity contribution is -0.207. The van der Waals surface area contributed by atoms with E-state index in [9.17, 15) is 22.8 Å². The minimum atomic E-state index is -5.09. The highest BCUT2D eigenvalue weighted by Gasteiger charge is 2.43. The van der Waals surface area contributed by atoms with Crippen molar-refractivity contribution in [2.45, 2.75) is 32.0 Å². The van der Waals surface area contributed by atoms with Crippen LogP contribution in [0.4, 0.5) is 13.2 Å². The van der Waals surface area contributed by atoms with E-state index in [0.29, 0.717) is 19.5 Å². The third-order valence-electron chi connectivity index (χ3n) is 1.72. The van der Waals surface area contributed by atoms with Crippen molar-refractivity contribution in [2.75, 3.05) is 13.1 Å². The second-order valence-corrected chi connectivity index (χ2v) is 4.05. The van der Waals surface area contributed by atoms with Gasteiger partial charge in [-0.1, -0.05) is 0 Å². The summed E-state index contributed by atoms with van der Waals surface area (Å²) in [4.78, 5) is 21.8. The van der Waals surface area contributed by atoms with E-state index in [1.807, 2.05) is 0 Å². The summed E-state index contributed by atoms with van der Waals surface area (Å²) in [5, 5.41) is 2.38. The lowest BCUT2D eigenvalue weighted by Gasteiger charge is -2.19. The van der Waals surface area contributed by atoms with Gasteiger partial charge in [0.1, 0.15) is 0 Å². The third-order valence-corrected chi connectivity index (χ3v) is 1.72. The summed E-state index contributed by atoms with van der Waals surface area (Å²) < 4.78 is 40.1. The first-order chi connectivity index (χ1) is 8.58. The van der Waals surface area contributed by atoms with Crippen LogP contribution < -0.4 is 11.1 Å². The molecule has 0 heterocycles. The zero-order valence-corrected chi connectivity index (χ0v) is 10.6. The summed E-state index contributed by atoms with van der Waals surface area (Å²) in [6.45, 7) is 3.00. The van der Waals surface area contributed by atoms with E-state index in [0.717, 1.165) is 13.8 Å². The molecule has 0 atom stereocenters. The molecular formula is C11H15F3N2O3. The van der Waals surface area contributed by atoms with Crippen LogP contribution in [0.25, 0.3) is 0 Å². The van der Waals surface area contributed by atoms with Crippen LogP contribution >= 0.6 is 0 Å². The Morgan fingerprint density at radius 1 is 1.32 bits per heavy atom. The number of ether oxygens (including phenoxy) is 1. The van der Waals surface area contributed by atoms with E-state index in [1.165, 1.54) is 0 Å². The first kappa shape index (κ1) is 17.2. The fraction of sp³-hybridized carbons (Fsp3) is 0.636. The Bertz CT molecular complexity index is 394. The first-order valence-electron chi connectivity index (χ1n) is 5.40. The van der Waals surface area contributed by atoms with Gasteiger partial charge < -0.3 is 15.8 Å². The lowest BCUT2D eigenvalue weighted by atomic mass is 10.1. The maximum atomic E-state index is 12.0. The standard InChI is InChI=1S/C11H15F3N2O3/c1-10(2,19-9(18)11(12,13)14)5-4-8(17)16-7-3-6-15/h3,6-7,15H2,1-2H3,(H,16,17). The molecule has 0 bridgehead atoms. The van der Waals surface area contributed by atoms with Crippen LogP contribution in [-0.4, -0.2) is 36.7 Å². The SMILES string of the molecule is CC(C)(C#CC(=O)NCCCN)OC(=O)C(F)(F)F. The summed E-state index contributed by atoms with van der Waals surface area (Å²) in [7, 11) is 0. The minimum absolute atomic E-state index is 0.312. The molecule has 0 radical (unpaired) electrons. The van der Waals surface area contributed by atoms with Gasteiger partial charge >= 0.3 is 12.1 Å². The third kappa shape index (κ3) is 8.05. The second-order valence-electron chi connectivity index (χ2n) is 4.05. The highest BCUT2D eigenvalue weighted by molar-refractivity contribution is 5.93. The number of nitrogens with one attached hydrogen (secondary N) is 1. The Morgan fingerprint density at radius 3 is 2.37 bits per heavy atom. The molecule has 1 amide bonds. The van der Waals surface area contributed by atoms with Crippen molar-refractivity contribution < 1.29 is 27.5 Å². The number of carbonyl (C=O) groups excluding carboxylic acids is 2. The van der Waals surface area contributed by atoms with Crippen molar-refractivity contribution in [3.63, 3.8) is 0 Å². The van der Waals surface area contributed by atoms with Crippen molar-refractivity contribution in [3.05, 3.63) is 0 Å². The maximum absolute atomic E-state index is 12.0. The normalized spacial score (nSPS) is 11.3. The smallest absolute Gasteiger partial charge is 0.440 e. The molecule has 0 aliphatic rings. The molecule has 0 aliphatic carbocycles. The Kier molecular flexibility index (Phi) is 6.35. The van der Waals surface area contributed by atoms with E-state index in [4.69, 9.17) is 5.73 Å². The number of esters is 1. The molecule has 0 fully saturated rings. The van der Waals surface area contributed by atoms with Crippen molar-refractivity contribution in [1.29, 1.82) is 0 Å². The van der Waals surface area contributed by atoms with E-state index in [-0.39, 0.29) is 0 Å². The number of amides is 1. The Hall–Kier alpha value is -1.75. The maximum Gasteiger partial charge on any atom is 0.490 e. The van der Waals surface area contributed by atoms with Crippen LogP contribution in [0.2, 0.25) is 0 Å². The molecule has 0 unspecified atom stereocenters. The van der Waals surface area contributed by atoms with Crippen molar-refractivity contribution in [1.82, 2.24) is 5.32 Å². The number of hydrogen-bond acceptors (Lipinski definition) is 4. The highest BCUT2D eigenvalue weighted by atomic mass is 19.4. The van der Waals surface area contributed by atoms with Crippen LogP contribution in [0.1, 0.15) is 20.3 Å². The Labute approximate surface area is 108 Å². The Morgan fingerprint density at radius 2 is 1.89 bits per heavy atom. The van der Waals surface area contributed by atoms with Gasteiger partial charge in [0.15, 0.2) is 5.60 Å². The van der Waals surface area contributed by atoms with Crippen LogP contribution in [0.5, 0.6) is 0 Å². The van der Waals surface area contributed by atoms with Gasteiger partial charge in [-0.2, -0.15) is 13.2 Å². The molecular weight excluding hydrogens is 265 g/mol. The summed E-state index contributed by atoms with van der Waals surface area (Å²) in [6, 6.07) is 0. The molecule has 0 spiro atoms. The molecule has 0 aromatic heterocycles. The topological polar surface area (TPSA) is 81.4 Å². The van der Waals surface area contributed by atoms with Gasteiger partial charge in [-0.05, 0) is 38.7 Å². The largest absolute Gasteiger partial charge is 0.490 e. The lowest BCUT2D eigenvalue weighted by Crippen LogP contribution is -2.35. The molecule has 0 saturated heterocycles. The highest BCUT2D eigenvalue weighted by Crippen LogP contribution is 2.20. The van der Waals surface area contributed by atoms with E-state index in [1.54, 1.807) is 0 Å². The van der Waals surface area contributed by atoms with Crippen LogP contribution in [0.15, 0.2) is 0 Å². The number of halogens is 3. The second kappa shape index (κ2) is 6.99. The van der Waals surface area contributed by atoms with Gasteiger partial charge in [-0.25, -0.2) is 4.79 Å². The molecule has 5 nitrogen and oxygen atoms in total. The molecule has 3 N–H and O–H groups in total. The molecule has 0 aromatic rings. The van der Waals surface area contributed by atoms with Gasteiger partial charge in [-0.3, -0.25) is 4.79 Å². The molecule has 108 valence electrons. The summed E-state index contributed by atoms with van der Waals surface area (Å²) >= 11 is 0. The van der Waals surface area contributed by atoms with Crippen LogP contribution in [-0.2, 0) is 14.3 Å². The fourth-order valence-corrected chi connectivity index (χ4v) is 0.871. The van der Waals surface area contributed by atoms with Crippen molar-refractivity contribution in [3.8, 4) is 11.8 Å². The average molecular weight is 280 g/mol. The van der Waals surface area contributed by atoms with Crippen molar-refractivity contribution >= 4 is 11.9 Å². The van der Waals surface area contributed by atoms with Gasteiger partial charge in [-0.15, -0.1) is 0 Å². The predicted molar refractivity (Wildman–Crippen MR) is 60.7 cm³/mol. The van der Waals surface area contributed by atoms with Gasteiger partial charge in [0.2, 0.25) is 0 Å². The fourth-order valence-electron chi connectivity index (χ4n) is 0.871. The monoisotopic (exact) mass is 280 g/mol. The quantitative estimate of drug-likeness (QED) is 0.442. The van der Waals surface area contributed by atoms with Crippen LogP contribution in [0.3, 0.4) is 0 Å². The van der Waals surface area contributed by atoms with E-state index in [2.05, 4.69) is 21.9 Å². The number of nitrogens with two attached hydrogens (primary N) is 1. The zero-order valence-electron chi connectivity index (χ0n) is 10.6. The average Bonchev–Trinajstić information content (AvgIpc) is 2.25. The zero-order chi connectivity index (χ0) is 15.1. The molecule has 0 saturated carbocycles. The predicted octanol–water partition coefficient (Wildman–Crippen LogP) is 0.339. The van der Waals surface area contributed by atoms with E-state index >= 15 is 0 Å². The van der Waals surface area contributed by atoms with Gasteiger partial charge in [0.05, 0.1) is 0 Å². The van der Waals surface area contributed by atoms with Crippen molar-refractivity contribution in [2.24, 2.45) is 5.73 Å². The number of carbonyl (C=O) groups is 2. The summed E-state index contributed by atoms with van der Waals surface area (Å²) in [5.74, 6) is 1.18. The molecule has 0 aliphatic heterocycles. The minimum Gasteiger partial charge on any atom is -0.440 e.